The van der Waals surface area contributed by atoms with Gasteiger partial charge in [-0.15, -0.1) is 24.0 Å². The maximum absolute atomic E-state index is 5.74. The van der Waals surface area contributed by atoms with E-state index in [1.54, 1.807) is 6.26 Å². The highest BCUT2D eigenvalue weighted by atomic mass is 127. The van der Waals surface area contributed by atoms with Crippen molar-refractivity contribution in [1.82, 2.24) is 30.2 Å². The van der Waals surface area contributed by atoms with Gasteiger partial charge in [0.1, 0.15) is 12.0 Å². The Morgan fingerprint density at radius 1 is 1.09 bits per heavy atom. The van der Waals surface area contributed by atoms with Crippen LogP contribution in [0.15, 0.2) is 26.3 Å². The van der Waals surface area contributed by atoms with Gasteiger partial charge >= 0.3 is 0 Å². The summed E-state index contributed by atoms with van der Waals surface area (Å²) in [6, 6.07) is 1.94. The van der Waals surface area contributed by atoms with Gasteiger partial charge in [-0.1, -0.05) is 5.16 Å². The molecule has 2 fully saturated rings. The van der Waals surface area contributed by atoms with Crippen molar-refractivity contribution in [2.24, 2.45) is 10.9 Å². The minimum absolute atomic E-state index is 0. The maximum Gasteiger partial charge on any atom is 0.208 e. The van der Waals surface area contributed by atoms with Crippen LogP contribution in [-0.4, -0.2) is 83.7 Å². The topological polar surface area (TPSA) is 86.2 Å². The fourth-order valence-electron chi connectivity index (χ4n) is 4.38. The van der Waals surface area contributed by atoms with Crippen LogP contribution in [0.5, 0.6) is 0 Å². The quantitative estimate of drug-likeness (QED) is 0.330. The zero-order valence-electron chi connectivity index (χ0n) is 19.4. The van der Waals surface area contributed by atoms with Crippen LogP contribution in [-0.2, 0) is 13.1 Å². The normalized spacial score (nSPS) is 19.2. The standard InChI is InChI=1S/C22H35N7O2.HI/c1-17-18(2)31-21(25-17)16-27-7-4-19(5-8-27)14-24-22(23-3)29-11-9-28(10-12-29)15-20-6-13-30-26-20;/h6,13,19H,4-5,7-12,14-16H2,1-3H3,(H,23,24);1H. The van der Waals surface area contributed by atoms with Crippen molar-refractivity contribution in [2.45, 2.75) is 39.8 Å². The zero-order chi connectivity index (χ0) is 21.6. The first-order chi connectivity index (χ1) is 15.1. The third kappa shape index (κ3) is 6.67. The van der Waals surface area contributed by atoms with Crippen molar-refractivity contribution >= 4 is 29.9 Å². The summed E-state index contributed by atoms with van der Waals surface area (Å²) in [6.07, 6.45) is 4.01. The van der Waals surface area contributed by atoms with E-state index in [1.165, 1.54) is 12.8 Å². The Hall–Kier alpha value is -1.66. The van der Waals surface area contributed by atoms with Crippen molar-refractivity contribution in [3.05, 3.63) is 35.4 Å². The van der Waals surface area contributed by atoms with Gasteiger partial charge < -0.3 is 19.2 Å². The molecule has 2 aromatic heterocycles. The molecule has 0 amide bonds. The van der Waals surface area contributed by atoms with E-state index in [2.05, 4.69) is 35.1 Å². The first-order valence-corrected chi connectivity index (χ1v) is 11.3. The number of rotatable bonds is 6. The molecule has 10 heteroatoms. The number of halogens is 1. The van der Waals surface area contributed by atoms with E-state index in [1.807, 2.05) is 27.0 Å². The van der Waals surface area contributed by atoms with E-state index < -0.39 is 0 Å². The van der Waals surface area contributed by atoms with Gasteiger partial charge in [-0.05, 0) is 45.7 Å². The molecular weight excluding hydrogens is 521 g/mol. The molecule has 0 aliphatic carbocycles. The third-order valence-electron chi connectivity index (χ3n) is 6.45. The number of aromatic nitrogens is 2. The number of hydrogen-bond acceptors (Lipinski definition) is 7. The van der Waals surface area contributed by atoms with Crippen LogP contribution in [0.3, 0.4) is 0 Å². The van der Waals surface area contributed by atoms with Gasteiger partial charge in [-0.3, -0.25) is 14.8 Å². The molecule has 4 rings (SSSR count). The van der Waals surface area contributed by atoms with Crippen molar-refractivity contribution in [1.29, 1.82) is 0 Å². The van der Waals surface area contributed by atoms with Crippen molar-refractivity contribution < 1.29 is 8.94 Å². The number of nitrogens with one attached hydrogen (secondary N) is 1. The third-order valence-corrected chi connectivity index (χ3v) is 6.45. The van der Waals surface area contributed by atoms with Gasteiger partial charge in [0.15, 0.2) is 5.96 Å². The summed E-state index contributed by atoms with van der Waals surface area (Å²) in [7, 11) is 1.88. The van der Waals surface area contributed by atoms with Crippen LogP contribution >= 0.6 is 24.0 Å². The summed E-state index contributed by atoms with van der Waals surface area (Å²) in [5, 5.41) is 7.64. The summed E-state index contributed by atoms with van der Waals surface area (Å²) in [5.41, 5.74) is 2.00. The van der Waals surface area contributed by atoms with Gasteiger partial charge in [0, 0.05) is 52.4 Å². The van der Waals surface area contributed by atoms with E-state index in [0.717, 1.165) is 87.9 Å². The van der Waals surface area contributed by atoms with E-state index in [9.17, 15) is 0 Å². The SMILES string of the molecule is CN=C(NCC1CCN(Cc2nc(C)c(C)o2)CC1)N1CCN(Cc2ccon2)CC1.I. The molecule has 1 N–H and O–H groups in total. The van der Waals surface area contributed by atoms with Crippen LogP contribution < -0.4 is 5.32 Å². The number of likely N-dealkylation sites (tertiary alicyclic amines) is 1. The fourth-order valence-corrected chi connectivity index (χ4v) is 4.38. The Morgan fingerprint density at radius 2 is 1.81 bits per heavy atom. The van der Waals surface area contributed by atoms with E-state index >= 15 is 0 Å². The second kappa shape index (κ2) is 12.0. The first-order valence-electron chi connectivity index (χ1n) is 11.3. The summed E-state index contributed by atoms with van der Waals surface area (Å²) in [5.74, 6) is 3.47. The molecule has 2 aromatic rings. The van der Waals surface area contributed by atoms with Gasteiger partial charge in [0.2, 0.25) is 5.89 Å². The predicted octanol–water partition coefficient (Wildman–Crippen LogP) is 2.50. The van der Waals surface area contributed by atoms with Crippen LogP contribution in [0, 0.1) is 19.8 Å². The smallest absolute Gasteiger partial charge is 0.208 e. The summed E-state index contributed by atoms with van der Waals surface area (Å²) in [4.78, 5) is 16.3. The van der Waals surface area contributed by atoms with Gasteiger partial charge in [0.25, 0.3) is 0 Å². The number of hydrogen-bond donors (Lipinski definition) is 1. The highest BCUT2D eigenvalue weighted by Crippen LogP contribution is 2.19. The number of aliphatic imine (C=N–C) groups is 1. The molecule has 4 heterocycles. The van der Waals surface area contributed by atoms with E-state index in [-0.39, 0.29) is 24.0 Å². The number of piperidine rings is 1. The molecule has 0 unspecified atom stereocenters. The molecule has 0 aromatic carbocycles. The highest BCUT2D eigenvalue weighted by Gasteiger charge is 2.23. The number of piperazine rings is 1. The minimum atomic E-state index is 0. The van der Waals surface area contributed by atoms with Crippen LogP contribution in [0.1, 0.15) is 35.9 Å². The zero-order valence-corrected chi connectivity index (χ0v) is 21.7. The Balaban J connectivity index is 0.00000289. The average molecular weight is 557 g/mol. The molecular formula is C22H36IN7O2. The largest absolute Gasteiger partial charge is 0.444 e. The van der Waals surface area contributed by atoms with Crippen molar-refractivity contribution in [3.63, 3.8) is 0 Å². The van der Waals surface area contributed by atoms with E-state index in [0.29, 0.717) is 5.92 Å². The van der Waals surface area contributed by atoms with Crippen molar-refractivity contribution in [3.8, 4) is 0 Å². The molecule has 2 saturated heterocycles. The molecule has 2 aliphatic heterocycles. The molecule has 0 atom stereocenters. The lowest BCUT2D eigenvalue weighted by atomic mass is 9.97. The number of oxazole rings is 1. The van der Waals surface area contributed by atoms with Gasteiger partial charge in [-0.2, -0.15) is 0 Å². The number of aryl methyl sites for hydroxylation is 2. The van der Waals surface area contributed by atoms with Crippen LogP contribution in [0.4, 0.5) is 0 Å². The Bertz CT molecular complexity index is 819. The average Bonchev–Trinajstić information content (AvgIpc) is 3.40. The second-order valence-electron chi connectivity index (χ2n) is 8.65. The molecule has 0 radical (unpaired) electrons. The Morgan fingerprint density at radius 3 is 2.41 bits per heavy atom. The lowest BCUT2D eigenvalue weighted by Gasteiger charge is -2.37. The maximum atomic E-state index is 5.74. The van der Waals surface area contributed by atoms with Gasteiger partial charge in [0.05, 0.1) is 17.9 Å². The molecule has 0 saturated carbocycles. The molecule has 32 heavy (non-hydrogen) atoms. The molecule has 0 spiro atoms. The van der Waals surface area contributed by atoms with Gasteiger partial charge in [-0.25, -0.2) is 4.98 Å². The molecule has 2 aliphatic rings. The molecule has 178 valence electrons. The summed E-state index contributed by atoms with van der Waals surface area (Å²) >= 11 is 0. The number of guanidine groups is 1. The highest BCUT2D eigenvalue weighted by molar-refractivity contribution is 14.0. The Kier molecular flexibility index (Phi) is 9.35. The monoisotopic (exact) mass is 557 g/mol. The lowest BCUT2D eigenvalue weighted by Crippen LogP contribution is -2.53. The lowest BCUT2D eigenvalue weighted by molar-refractivity contribution is 0.159. The second-order valence-corrected chi connectivity index (χ2v) is 8.65. The fraction of sp³-hybridized carbons (Fsp3) is 0.682. The summed E-state index contributed by atoms with van der Waals surface area (Å²) in [6.45, 7) is 12.8. The van der Waals surface area contributed by atoms with E-state index in [4.69, 9.17) is 8.94 Å². The van der Waals surface area contributed by atoms with Crippen LogP contribution in [0.25, 0.3) is 0 Å². The first kappa shape index (κ1) is 25.0. The molecule has 0 bridgehead atoms. The molecule has 9 nitrogen and oxygen atoms in total. The van der Waals surface area contributed by atoms with Crippen molar-refractivity contribution in [2.75, 3.05) is 52.9 Å². The van der Waals surface area contributed by atoms with Crippen LogP contribution in [0.2, 0.25) is 0 Å². The summed E-state index contributed by atoms with van der Waals surface area (Å²) < 4.78 is 10.7. The Labute approximate surface area is 207 Å². The number of nitrogens with zero attached hydrogens (tertiary/aromatic N) is 6. The minimum Gasteiger partial charge on any atom is -0.444 e. The predicted molar refractivity (Wildman–Crippen MR) is 134 cm³/mol.